The number of ether oxygens (including phenoxy) is 3. The Balaban J connectivity index is 4.24. The minimum atomic E-state index is -0.799. The number of rotatable bonds is 61. The summed E-state index contributed by atoms with van der Waals surface area (Å²) in [5.41, 5.74) is 0. The van der Waals surface area contributed by atoms with E-state index < -0.39 is 6.10 Å². The van der Waals surface area contributed by atoms with Crippen molar-refractivity contribution in [2.24, 2.45) is 0 Å². The van der Waals surface area contributed by atoms with Gasteiger partial charge in [0.2, 0.25) is 0 Å². The molecule has 0 saturated carbocycles. The maximum Gasteiger partial charge on any atom is 0.306 e. The van der Waals surface area contributed by atoms with Gasteiger partial charge in [0.1, 0.15) is 13.2 Å². The van der Waals surface area contributed by atoms with Crippen LogP contribution in [0.2, 0.25) is 0 Å². The lowest BCUT2D eigenvalue weighted by Gasteiger charge is -2.18. The third kappa shape index (κ3) is 68.0. The highest BCUT2D eigenvalue weighted by Gasteiger charge is 2.19. The van der Waals surface area contributed by atoms with Crippen LogP contribution in [0.25, 0.3) is 0 Å². The highest BCUT2D eigenvalue weighted by molar-refractivity contribution is 5.71. The molecule has 0 radical (unpaired) electrons. The highest BCUT2D eigenvalue weighted by atomic mass is 16.6. The molecule has 1 unspecified atom stereocenters. The summed E-state index contributed by atoms with van der Waals surface area (Å²) in [5.74, 6) is -0.921. The lowest BCUT2D eigenvalue weighted by Crippen LogP contribution is -2.30. The Kier molecular flexibility index (Phi) is 65.8. The number of esters is 3. The van der Waals surface area contributed by atoms with E-state index >= 15 is 0 Å². The van der Waals surface area contributed by atoms with Gasteiger partial charge in [-0.15, -0.1) is 0 Å². The fourth-order valence-electron chi connectivity index (χ4n) is 9.23. The molecule has 470 valence electrons. The van der Waals surface area contributed by atoms with Crippen molar-refractivity contribution in [1.29, 1.82) is 0 Å². The van der Waals surface area contributed by atoms with Crippen molar-refractivity contribution in [3.05, 3.63) is 146 Å². The summed E-state index contributed by atoms with van der Waals surface area (Å²) >= 11 is 0. The van der Waals surface area contributed by atoms with E-state index in [2.05, 4.69) is 167 Å². The standard InChI is InChI=1S/C77H126O6/c1-4-7-10-13-16-19-22-25-28-29-30-31-32-33-34-35-36-37-38-39-40-41-42-43-44-45-46-47-50-52-55-58-61-64-67-70-76(79)82-73-74(83-77(80)71-68-65-62-59-56-53-49-27-24-21-18-15-12-9-6-3)72-81-75(78)69-66-63-60-57-54-51-48-26-23-20-17-14-11-8-5-2/h7,9-10,12,16-21,25-28,30-31,33-34,36-37,39-40,48-49,74H,4-6,8,11,13-15,22-24,29,32,35,38,41-47,50-73H2,1-3H3/b10-7-,12-9-,19-16-,20-17-,21-18-,28-25-,31-30-,34-33-,37-36-,40-39-,48-26-,49-27-. The molecule has 0 aliphatic rings. The van der Waals surface area contributed by atoms with Crippen LogP contribution in [0.15, 0.2) is 146 Å². The first kappa shape index (κ1) is 78.3. The van der Waals surface area contributed by atoms with E-state index in [1.54, 1.807) is 0 Å². The van der Waals surface area contributed by atoms with Crippen molar-refractivity contribution >= 4 is 17.9 Å². The minimum Gasteiger partial charge on any atom is -0.462 e. The summed E-state index contributed by atoms with van der Waals surface area (Å²) in [7, 11) is 0. The van der Waals surface area contributed by atoms with Crippen molar-refractivity contribution in [3.8, 4) is 0 Å². The molecular formula is C77H126O6. The Morgan fingerprint density at radius 1 is 0.253 bits per heavy atom. The van der Waals surface area contributed by atoms with Crippen LogP contribution in [-0.4, -0.2) is 37.2 Å². The third-order valence-corrected chi connectivity index (χ3v) is 14.3. The van der Waals surface area contributed by atoms with Crippen molar-refractivity contribution in [3.63, 3.8) is 0 Å². The molecule has 0 heterocycles. The fourth-order valence-corrected chi connectivity index (χ4v) is 9.23. The zero-order valence-electron chi connectivity index (χ0n) is 53.9. The molecule has 0 aliphatic heterocycles. The molecule has 0 spiro atoms. The predicted octanol–water partition coefficient (Wildman–Crippen LogP) is 23.9. The zero-order valence-corrected chi connectivity index (χ0v) is 53.9. The van der Waals surface area contributed by atoms with Gasteiger partial charge < -0.3 is 14.2 Å². The Morgan fingerprint density at radius 2 is 0.470 bits per heavy atom. The number of hydrogen-bond donors (Lipinski definition) is 0. The van der Waals surface area contributed by atoms with Crippen LogP contribution >= 0.6 is 0 Å². The molecule has 0 amide bonds. The van der Waals surface area contributed by atoms with Crippen molar-refractivity contribution in [2.45, 2.75) is 309 Å². The zero-order chi connectivity index (χ0) is 59.9. The second-order valence-corrected chi connectivity index (χ2v) is 22.3. The summed E-state index contributed by atoms with van der Waals surface area (Å²) in [5, 5.41) is 0. The quantitative estimate of drug-likeness (QED) is 0.0261. The van der Waals surface area contributed by atoms with E-state index in [1.165, 1.54) is 96.3 Å². The fraction of sp³-hybridized carbons (Fsp3) is 0.649. The first-order valence-electron chi connectivity index (χ1n) is 34.3. The molecule has 6 nitrogen and oxygen atoms in total. The van der Waals surface area contributed by atoms with Crippen LogP contribution in [0, 0.1) is 0 Å². The molecule has 0 aromatic carbocycles. The number of carbonyl (C=O) groups excluding carboxylic acids is 3. The first-order valence-corrected chi connectivity index (χ1v) is 34.3. The summed E-state index contributed by atoms with van der Waals surface area (Å²) < 4.78 is 16.9. The number of unbranched alkanes of at least 4 members (excludes halogenated alkanes) is 26. The average molecular weight is 1150 g/mol. The summed E-state index contributed by atoms with van der Waals surface area (Å²) in [4.78, 5) is 38.3. The molecular weight excluding hydrogens is 1020 g/mol. The van der Waals surface area contributed by atoms with Crippen molar-refractivity contribution < 1.29 is 28.6 Å². The topological polar surface area (TPSA) is 78.9 Å². The molecule has 0 N–H and O–H groups in total. The third-order valence-electron chi connectivity index (χ3n) is 14.3. The molecule has 0 saturated heterocycles. The molecule has 0 aromatic rings. The van der Waals surface area contributed by atoms with Crippen LogP contribution in [0.3, 0.4) is 0 Å². The summed E-state index contributed by atoms with van der Waals surface area (Å²) in [6.07, 6.45) is 100. The van der Waals surface area contributed by atoms with Crippen LogP contribution < -0.4 is 0 Å². The molecule has 0 fully saturated rings. The van der Waals surface area contributed by atoms with E-state index in [0.29, 0.717) is 19.3 Å². The van der Waals surface area contributed by atoms with E-state index in [4.69, 9.17) is 14.2 Å². The first-order chi connectivity index (χ1) is 41.0. The van der Waals surface area contributed by atoms with Gasteiger partial charge in [0.15, 0.2) is 6.10 Å². The molecule has 0 bridgehead atoms. The monoisotopic (exact) mass is 1150 g/mol. The van der Waals surface area contributed by atoms with Crippen LogP contribution in [0.1, 0.15) is 303 Å². The van der Waals surface area contributed by atoms with Crippen molar-refractivity contribution in [2.75, 3.05) is 13.2 Å². The second kappa shape index (κ2) is 69.8. The van der Waals surface area contributed by atoms with Gasteiger partial charge in [-0.1, -0.05) is 289 Å². The number of hydrogen-bond acceptors (Lipinski definition) is 6. The Hall–Kier alpha value is -4.71. The second-order valence-electron chi connectivity index (χ2n) is 22.3. The van der Waals surface area contributed by atoms with Gasteiger partial charge in [0.05, 0.1) is 0 Å². The SMILES string of the molecule is CC/C=C\C/C=C\C/C=C\C/C=C\C/C=C\C/C=C\C/C=C\CCCCCCCCCCCCCCCC(=O)OCC(COC(=O)CCCCCCC/C=C\C/C=C\CCCCC)OC(=O)CCCCCCC/C=C\C/C=C\C/C=C\CC. The molecule has 83 heavy (non-hydrogen) atoms. The van der Waals surface area contributed by atoms with E-state index in [0.717, 1.165) is 167 Å². The lowest BCUT2D eigenvalue weighted by atomic mass is 10.0. The molecule has 1 atom stereocenters. The Morgan fingerprint density at radius 3 is 0.735 bits per heavy atom. The van der Waals surface area contributed by atoms with Gasteiger partial charge in [-0.2, -0.15) is 0 Å². The molecule has 0 aliphatic carbocycles. The van der Waals surface area contributed by atoms with Gasteiger partial charge in [-0.05, 0) is 141 Å². The van der Waals surface area contributed by atoms with Crippen LogP contribution in [0.5, 0.6) is 0 Å². The highest BCUT2D eigenvalue weighted by Crippen LogP contribution is 2.16. The lowest BCUT2D eigenvalue weighted by molar-refractivity contribution is -0.167. The predicted molar refractivity (Wildman–Crippen MR) is 362 cm³/mol. The normalized spacial score (nSPS) is 13.0. The van der Waals surface area contributed by atoms with Crippen LogP contribution in [-0.2, 0) is 28.6 Å². The molecule has 0 rings (SSSR count). The van der Waals surface area contributed by atoms with Gasteiger partial charge in [-0.25, -0.2) is 0 Å². The summed E-state index contributed by atoms with van der Waals surface area (Å²) in [6.45, 7) is 6.37. The largest absolute Gasteiger partial charge is 0.462 e. The smallest absolute Gasteiger partial charge is 0.306 e. The van der Waals surface area contributed by atoms with Crippen molar-refractivity contribution in [1.82, 2.24) is 0 Å². The Labute approximate surface area is 512 Å². The molecule has 6 heteroatoms. The average Bonchev–Trinajstić information content (AvgIpc) is 3.49. The van der Waals surface area contributed by atoms with E-state index in [1.807, 2.05) is 0 Å². The van der Waals surface area contributed by atoms with E-state index in [-0.39, 0.29) is 31.1 Å². The van der Waals surface area contributed by atoms with Gasteiger partial charge in [0.25, 0.3) is 0 Å². The van der Waals surface area contributed by atoms with E-state index in [9.17, 15) is 14.4 Å². The maximum atomic E-state index is 12.9. The summed E-state index contributed by atoms with van der Waals surface area (Å²) in [6, 6.07) is 0. The van der Waals surface area contributed by atoms with Gasteiger partial charge in [0, 0.05) is 19.3 Å². The Bertz CT molecular complexity index is 1800. The minimum absolute atomic E-state index is 0.0928. The number of carbonyl (C=O) groups is 3. The van der Waals surface area contributed by atoms with Crippen LogP contribution in [0.4, 0.5) is 0 Å². The maximum absolute atomic E-state index is 12.9. The van der Waals surface area contributed by atoms with Gasteiger partial charge in [-0.3, -0.25) is 14.4 Å². The molecule has 0 aromatic heterocycles. The van der Waals surface area contributed by atoms with Gasteiger partial charge >= 0.3 is 17.9 Å². The number of allylic oxidation sites excluding steroid dienone is 24.